The van der Waals surface area contributed by atoms with E-state index in [1.54, 1.807) is 6.33 Å². The molecule has 11 heteroatoms. The molecule has 236 valence electrons. The van der Waals surface area contributed by atoms with Gasteiger partial charge in [-0.3, -0.25) is 4.90 Å². The third-order valence-electron chi connectivity index (χ3n) is 9.07. The number of piperazine rings is 1. The summed E-state index contributed by atoms with van der Waals surface area (Å²) < 4.78 is 11.5. The van der Waals surface area contributed by atoms with Crippen molar-refractivity contribution in [2.24, 2.45) is 0 Å². The first-order chi connectivity index (χ1) is 21.7. The lowest BCUT2D eigenvalue weighted by Gasteiger charge is -2.34. The Bertz CT molecular complexity index is 1350. The molecule has 0 saturated carbocycles. The Hall–Kier alpha value is -3.51. The van der Waals surface area contributed by atoms with E-state index in [1.807, 2.05) is 29.2 Å². The molecule has 0 spiro atoms. The number of carbonyl (C=O) groups excluding carboxylic acids is 1. The molecule has 11 nitrogen and oxygen atoms in total. The highest BCUT2D eigenvalue weighted by Crippen LogP contribution is 2.32. The lowest BCUT2D eigenvalue weighted by molar-refractivity contribution is 0.108. The van der Waals surface area contributed by atoms with E-state index in [-0.39, 0.29) is 18.6 Å². The first-order valence-electron chi connectivity index (χ1n) is 16.1. The molecule has 0 atom stereocenters. The van der Waals surface area contributed by atoms with Crippen LogP contribution in [0.4, 0.5) is 16.2 Å². The number of nitrogens with one attached hydrogen (secondary N) is 1. The molecule has 3 saturated heterocycles. The van der Waals surface area contributed by atoms with Crippen LogP contribution in [0.25, 0.3) is 10.9 Å². The summed E-state index contributed by atoms with van der Waals surface area (Å²) in [5.74, 6) is 1.11. The van der Waals surface area contributed by atoms with Crippen molar-refractivity contribution in [2.45, 2.75) is 25.2 Å². The molecule has 2 N–H and O–H groups in total. The van der Waals surface area contributed by atoms with E-state index in [0.29, 0.717) is 19.7 Å². The molecule has 0 bridgehead atoms. The van der Waals surface area contributed by atoms with Crippen LogP contribution < -0.4 is 15.0 Å². The van der Waals surface area contributed by atoms with Gasteiger partial charge in [-0.25, -0.2) is 14.8 Å². The number of hydrogen-bond acceptors (Lipinski definition) is 9. The normalized spacial score (nSPS) is 18.9. The number of rotatable bonds is 10. The molecule has 3 aliphatic heterocycles. The number of likely N-dealkylation sites (tertiary alicyclic amines) is 1. The van der Waals surface area contributed by atoms with Gasteiger partial charge in [-0.05, 0) is 55.7 Å². The van der Waals surface area contributed by atoms with Crippen LogP contribution >= 0.6 is 0 Å². The number of carbonyl (C=O) groups is 1. The van der Waals surface area contributed by atoms with Gasteiger partial charge in [-0.15, -0.1) is 0 Å². The lowest BCUT2D eigenvalue weighted by Crippen LogP contribution is -2.47. The van der Waals surface area contributed by atoms with Crippen molar-refractivity contribution in [1.82, 2.24) is 24.7 Å². The highest BCUT2D eigenvalue weighted by Gasteiger charge is 2.26. The van der Waals surface area contributed by atoms with E-state index in [2.05, 4.69) is 48.2 Å². The second kappa shape index (κ2) is 15.0. The Morgan fingerprint density at radius 1 is 0.909 bits per heavy atom. The van der Waals surface area contributed by atoms with Crippen molar-refractivity contribution < 1.29 is 19.4 Å². The Balaban J connectivity index is 0.962. The zero-order valence-corrected chi connectivity index (χ0v) is 25.6. The average molecular weight is 604 g/mol. The van der Waals surface area contributed by atoms with E-state index >= 15 is 0 Å². The van der Waals surface area contributed by atoms with E-state index in [9.17, 15) is 4.79 Å². The molecule has 3 fully saturated rings. The molecule has 1 aromatic heterocycles. The number of β-amino-alcohol motifs (C(OH)–C–C–N with tert-alkyl or cyclic N) is 1. The van der Waals surface area contributed by atoms with Gasteiger partial charge in [0.15, 0.2) is 0 Å². The Morgan fingerprint density at radius 3 is 2.36 bits per heavy atom. The summed E-state index contributed by atoms with van der Waals surface area (Å²) in [6, 6.07) is 14.1. The standard InChI is InChI=1S/C33H45N7O4/c41-20-17-38-15-13-37(14-16-38)10-1-21-44-29-6-7-30-31(24-29)34-25-35-32(30)26-8-11-40(12-9-26)33(42)36-27-2-4-28(5-3-27)39-18-22-43-23-19-39/h2-7,24-26,41H,1,8-23H2,(H,36,42). The van der Waals surface area contributed by atoms with Crippen molar-refractivity contribution in [2.75, 3.05) is 102 Å². The van der Waals surface area contributed by atoms with Crippen molar-refractivity contribution >= 4 is 28.3 Å². The average Bonchev–Trinajstić information content (AvgIpc) is 3.08. The molecule has 6 rings (SSSR count). The van der Waals surface area contributed by atoms with Gasteiger partial charge in [-0.2, -0.15) is 0 Å². The van der Waals surface area contributed by atoms with Crippen molar-refractivity contribution in [3.63, 3.8) is 0 Å². The fraction of sp³-hybridized carbons (Fsp3) is 0.545. The topological polar surface area (TPSA) is 107 Å². The van der Waals surface area contributed by atoms with Crippen LogP contribution in [0, 0.1) is 0 Å². The second-order valence-electron chi connectivity index (χ2n) is 11.9. The van der Waals surface area contributed by atoms with Crippen molar-refractivity contribution in [3.8, 4) is 5.75 Å². The van der Waals surface area contributed by atoms with Crippen LogP contribution in [0.1, 0.15) is 30.9 Å². The maximum absolute atomic E-state index is 13.0. The molecule has 3 aromatic rings. The Morgan fingerprint density at radius 2 is 1.64 bits per heavy atom. The van der Waals surface area contributed by atoms with Crippen molar-refractivity contribution in [3.05, 3.63) is 54.5 Å². The molecular weight excluding hydrogens is 558 g/mol. The van der Waals surface area contributed by atoms with Gasteiger partial charge >= 0.3 is 6.03 Å². The zero-order chi connectivity index (χ0) is 30.1. The SMILES string of the molecule is O=C(Nc1ccc(N2CCOCC2)cc1)N1CCC(c2ncnc3cc(OCCCN4CCN(CCO)CC4)ccc23)CC1. The van der Waals surface area contributed by atoms with E-state index in [0.717, 1.165) is 119 Å². The van der Waals surface area contributed by atoms with Crippen LogP contribution in [0.15, 0.2) is 48.8 Å². The minimum atomic E-state index is -0.0548. The number of amides is 2. The van der Waals surface area contributed by atoms with Crippen molar-refractivity contribution in [1.29, 1.82) is 0 Å². The quantitative estimate of drug-likeness (QED) is 0.338. The number of aliphatic hydroxyl groups excluding tert-OH is 1. The summed E-state index contributed by atoms with van der Waals surface area (Å²) in [6.45, 7) is 11.5. The number of hydrogen-bond donors (Lipinski definition) is 2. The number of urea groups is 1. The molecule has 0 aliphatic carbocycles. The van der Waals surface area contributed by atoms with Gasteiger partial charge in [-0.1, -0.05) is 0 Å². The number of aliphatic hydroxyl groups is 1. The van der Waals surface area contributed by atoms with Crippen LogP contribution in [0.3, 0.4) is 0 Å². The summed E-state index contributed by atoms with van der Waals surface area (Å²) in [4.78, 5) is 31.2. The van der Waals surface area contributed by atoms with Gasteiger partial charge in [0.2, 0.25) is 0 Å². The van der Waals surface area contributed by atoms with Crippen LogP contribution in [-0.4, -0.2) is 128 Å². The maximum atomic E-state index is 13.0. The summed E-state index contributed by atoms with van der Waals surface area (Å²) in [7, 11) is 0. The van der Waals surface area contributed by atoms with Gasteiger partial charge in [0.25, 0.3) is 0 Å². The van der Waals surface area contributed by atoms with Gasteiger partial charge in [0.05, 0.1) is 37.6 Å². The van der Waals surface area contributed by atoms with Gasteiger partial charge < -0.3 is 34.6 Å². The minimum Gasteiger partial charge on any atom is -0.493 e. The number of piperidine rings is 1. The summed E-state index contributed by atoms with van der Waals surface area (Å²) in [5, 5.41) is 13.2. The van der Waals surface area contributed by atoms with Crippen LogP contribution in [-0.2, 0) is 4.74 Å². The molecule has 0 radical (unpaired) electrons. The number of fused-ring (bicyclic) bond motifs is 1. The lowest BCUT2D eigenvalue weighted by atomic mass is 9.91. The summed E-state index contributed by atoms with van der Waals surface area (Å²) in [5.41, 5.74) is 3.92. The van der Waals surface area contributed by atoms with E-state index < -0.39 is 0 Å². The molecule has 2 aromatic carbocycles. The molecule has 44 heavy (non-hydrogen) atoms. The van der Waals surface area contributed by atoms with Crippen LogP contribution in [0.2, 0.25) is 0 Å². The molecule has 4 heterocycles. The molecule has 0 unspecified atom stereocenters. The van der Waals surface area contributed by atoms with Gasteiger partial charge in [0, 0.05) is 94.2 Å². The van der Waals surface area contributed by atoms with E-state index in [1.165, 1.54) is 0 Å². The highest BCUT2D eigenvalue weighted by atomic mass is 16.5. The molecular formula is C33H45N7O4. The summed E-state index contributed by atoms with van der Waals surface area (Å²) >= 11 is 0. The zero-order valence-electron chi connectivity index (χ0n) is 25.6. The first kappa shape index (κ1) is 30.5. The third-order valence-corrected chi connectivity index (χ3v) is 9.07. The smallest absolute Gasteiger partial charge is 0.321 e. The predicted molar refractivity (Wildman–Crippen MR) is 172 cm³/mol. The minimum absolute atomic E-state index is 0.0548. The number of benzene rings is 2. The number of morpholine rings is 1. The molecule has 2 amide bonds. The number of nitrogens with zero attached hydrogens (tertiary/aromatic N) is 6. The van der Waals surface area contributed by atoms with Crippen LogP contribution in [0.5, 0.6) is 5.75 Å². The first-order valence-corrected chi connectivity index (χ1v) is 16.1. The predicted octanol–water partition coefficient (Wildman–Crippen LogP) is 3.26. The summed E-state index contributed by atoms with van der Waals surface area (Å²) in [6.07, 6.45) is 4.35. The number of anilines is 2. The highest BCUT2D eigenvalue weighted by molar-refractivity contribution is 5.89. The molecule has 3 aliphatic rings. The Labute approximate surface area is 259 Å². The Kier molecular flexibility index (Phi) is 10.4. The maximum Gasteiger partial charge on any atom is 0.321 e. The third kappa shape index (κ3) is 7.76. The second-order valence-corrected chi connectivity index (χ2v) is 11.9. The van der Waals surface area contributed by atoms with E-state index in [4.69, 9.17) is 14.6 Å². The van der Waals surface area contributed by atoms with Gasteiger partial charge in [0.1, 0.15) is 12.1 Å². The largest absolute Gasteiger partial charge is 0.493 e. The number of aromatic nitrogens is 2. The fourth-order valence-corrected chi connectivity index (χ4v) is 6.46. The fourth-order valence-electron chi connectivity index (χ4n) is 6.46. The monoisotopic (exact) mass is 603 g/mol. The number of ether oxygens (including phenoxy) is 2.